The Morgan fingerprint density at radius 2 is 1.84 bits per heavy atom. The molecule has 1 aromatic rings. The van der Waals surface area contributed by atoms with Crippen LogP contribution in [0, 0.1) is 0 Å². The van der Waals surface area contributed by atoms with Crippen LogP contribution in [0.4, 0.5) is 13.2 Å². The third-order valence-corrected chi connectivity index (χ3v) is 3.98. The van der Waals surface area contributed by atoms with Crippen molar-refractivity contribution in [2.75, 3.05) is 11.5 Å². The summed E-state index contributed by atoms with van der Waals surface area (Å²) >= 11 is 1.78. The lowest BCUT2D eigenvalue weighted by molar-refractivity contribution is -0.138. The Morgan fingerprint density at radius 1 is 1.21 bits per heavy atom. The van der Waals surface area contributed by atoms with Crippen LogP contribution in [0.1, 0.15) is 37.9 Å². The molecule has 2 atom stereocenters. The van der Waals surface area contributed by atoms with Crippen molar-refractivity contribution in [3.05, 3.63) is 35.4 Å². The van der Waals surface area contributed by atoms with Crippen LogP contribution in [0.15, 0.2) is 24.3 Å². The number of alkyl halides is 3. The fourth-order valence-corrected chi connectivity index (χ4v) is 2.68. The molecule has 0 radical (unpaired) electrons. The molecule has 5 heteroatoms. The molecule has 0 fully saturated rings. The lowest BCUT2D eigenvalue weighted by Gasteiger charge is -2.23. The summed E-state index contributed by atoms with van der Waals surface area (Å²) in [5.41, 5.74) is -0.242. The maximum atomic E-state index is 12.9. The first-order valence-electron chi connectivity index (χ1n) is 6.36. The van der Waals surface area contributed by atoms with Gasteiger partial charge in [-0.15, -0.1) is 0 Å². The van der Waals surface area contributed by atoms with Crippen LogP contribution in [0.25, 0.3) is 0 Å². The summed E-state index contributed by atoms with van der Waals surface area (Å²) in [6.45, 7) is 5.84. The van der Waals surface area contributed by atoms with Crippen molar-refractivity contribution >= 4 is 11.8 Å². The van der Waals surface area contributed by atoms with Gasteiger partial charge in [0.15, 0.2) is 0 Å². The van der Waals surface area contributed by atoms with Crippen LogP contribution in [0.5, 0.6) is 0 Å². The smallest absolute Gasteiger partial charge is 0.307 e. The molecule has 0 aliphatic carbocycles. The quantitative estimate of drug-likeness (QED) is 0.828. The highest BCUT2D eigenvalue weighted by atomic mass is 32.2. The molecular formula is C14H20F3NS. The predicted octanol–water partition coefficient (Wildman–Crippen LogP) is 4.50. The van der Waals surface area contributed by atoms with Crippen LogP contribution < -0.4 is 5.32 Å². The largest absolute Gasteiger partial charge is 0.416 e. The van der Waals surface area contributed by atoms with E-state index in [9.17, 15) is 13.2 Å². The van der Waals surface area contributed by atoms with Crippen molar-refractivity contribution in [1.82, 2.24) is 5.32 Å². The van der Waals surface area contributed by atoms with Crippen molar-refractivity contribution in [1.29, 1.82) is 0 Å². The molecule has 0 heterocycles. The molecule has 19 heavy (non-hydrogen) atoms. The van der Waals surface area contributed by atoms with Gasteiger partial charge in [-0.25, -0.2) is 0 Å². The number of rotatable bonds is 6. The molecule has 0 aliphatic heterocycles. The minimum Gasteiger partial charge on any atom is -0.307 e. The van der Waals surface area contributed by atoms with Crippen LogP contribution in [-0.4, -0.2) is 17.5 Å². The summed E-state index contributed by atoms with van der Waals surface area (Å²) < 4.78 is 38.8. The molecule has 1 nitrogen and oxygen atoms in total. The van der Waals surface area contributed by atoms with Crippen LogP contribution in [0.2, 0.25) is 0 Å². The molecule has 1 N–H and O–H groups in total. The van der Waals surface area contributed by atoms with E-state index in [2.05, 4.69) is 12.2 Å². The minimum atomic E-state index is -4.30. The number of benzene rings is 1. The van der Waals surface area contributed by atoms with Gasteiger partial charge in [-0.05, 0) is 31.2 Å². The van der Waals surface area contributed by atoms with Gasteiger partial charge in [-0.1, -0.05) is 25.1 Å². The van der Waals surface area contributed by atoms with Gasteiger partial charge in [0, 0.05) is 17.8 Å². The molecule has 108 valence electrons. The maximum absolute atomic E-state index is 12.9. The minimum absolute atomic E-state index is 0.182. The van der Waals surface area contributed by atoms with Gasteiger partial charge < -0.3 is 5.32 Å². The standard InChI is InChI=1S/C14H20F3NS/c1-4-19-9-10(2)18-11(3)12-7-5-6-8-13(12)14(15,16)17/h5-8,10-11,18H,4,9H2,1-3H3. The lowest BCUT2D eigenvalue weighted by Crippen LogP contribution is -2.32. The van der Waals surface area contributed by atoms with Gasteiger partial charge in [-0.2, -0.15) is 24.9 Å². The van der Waals surface area contributed by atoms with E-state index in [4.69, 9.17) is 0 Å². The normalized spacial score (nSPS) is 15.3. The Kier molecular flexibility index (Phi) is 6.20. The van der Waals surface area contributed by atoms with E-state index in [0.717, 1.165) is 17.6 Å². The molecule has 0 amide bonds. The van der Waals surface area contributed by atoms with Crippen molar-refractivity contribution in [2.24, 2.45) is 0 Å². The Morgan fingerprint density at radius 3 is 2.42 bits per heavy atom. The fourth-order valence-electron chi connectivity index (χ4n) is 1.99. The van der Waals surface area contributed by atoms with Crippen molar-refractivity contribution in [3.63, 3.8) is 0 Å². The van der Waals surface area contributed by atoms with Crippen LogP contribution in [-0.2, 0) is 6.18 Å². The van der Waals surface area contributed by atoms with Crippen molar-refractivity contribution < 1.29 is 13.2 Å². The average molecular weight is 291 g/mol. The Hall–Kier alpha value is -0.680. The third kappa shape index (κ3) is 5.07. The first-order chi connectivity index (χ1) is 8.86. The van der Waals surface area contributed by atoms with E-state index >= 15 is 0 Å². The number of thioether (sulfide) groups is 1. The van der Waals surface area contributed by atoms with Crippen LogP contribution in [0.3, 0.4) is 0 Å². The SMILES string of the molecule is CCSCC(C)NC(C)c1ccccc1C(F)(F)F. The molecule has 1 rings (SSSR count). The molecule has 0 bridgehead atoms. The Bertz CT molecular complexity index is 393. The topological polar surface area (TPSA) is 12.0 Å². The second-order valence-electron chi connectivity index (χ2n) is 4.53. The van der Waals surface area contributed by atoms with Crippen LogP contribution >= 0.6 is 11.8 Å². The second kappa shape index (κ2) is 7.20. The van der Waals surface area contributed by atoms with Gasteiger partial charge >= 0.3 is 6.18 Å². The third-order valence-electron chi connectivity index (χ3n) is 2.84. The van der Waals surface area contributed by atoms with Gasteiger partial charge in [0.2, 0.25) is 0 Å². The zero-order valence-electron chi connectivity index (χ0n) is 11.4. The zero-order valence-corrected chi connectivity index (χ0v) is 12.2. The molecule has 0 aliphatic rings. The molecular weight excluding hydrogens is 271 g/mol. The number of nitrogens with one attached hydrogen (secondary N) is 1. The van der Waals surface area contributed by atoms with E-state index in [1.165, 1.54) is 6.07 Å². The van der Waals surface area contributed by atoms with E-state index < -0.39 is 11.7 Å². The number of hydrogen-bond donors (Lipinski definition) is 1. The molecule has 0 saturated heterocycles. The van der Waals surface area contributed by atoms with Gasteiger partial charge in [0.05, 0.1) is 5.56 Å². The molecule has 0 spiro atoms. The average Bonchev–Trinajstić information content (AvgIpc) is 2.35. The van der Waals surface area contributed by atoms with Gasteiger partial charge in [0.25, 0.3) is 0 Å². The summed E-state index contributed by atoms with van der Waals surface area (Å²) in [4.78, 5) is 0. The molecule has 0 saturated carbocycles. The second-order valence-corrected chi connectivity index (χ2v) is 5.85. The highest BCUT2D eigenvalue weighted by molar-refractivity contribution is 7.99. The summed E-state index contributed by atoms with van der Waals surface area (Å²) in [5.74, 6) is 1.91. The molecule has 0 aromatic heterocycles. The summed E-state index contributed by atoms with van der Waals surface area (Å²) in [6, 6.07) is 5.62. The predicted molar refractivity (Wildman–Crippen MR) is 75.5 cm³/mol. The first kappa shape index (κ1) is 16.4. The lowest BCUT2D eigenvalue weighted by atomic mass is 10.0. The zero-order chi connectivity index (χ0) is 14.5. The van der Waals surface area contributed by atoms with E-state index in [0.29, 0.717) is 5.56 Å². The fraction of sp³-hybridized carbons (Fsp3) is 0.571. The van der Waals surface area contributed by atoms with Gasteiger partial charge in [-0.3, -0.25) is 0 Å². The van der Waals surface area contributed by atoms with E-state index in [-0.39, 0.29) is 12.1 Å². The van der Waals surface area contributed by atoms with Gasteiger partial charge in [0.1, 0.15) is 0 Å². The summed E-state index contributed by atoms with van der Waals surface area (Å²) in [7, 11) is 0. The number of halogens is 3. The Labute approximate surface area is 117 Å². The summed E-state index contributed by atoms with van der Waals surface area (Å²) in [6.07, 6.45) is -4.30. The highest BCUT2D eigenvalue weighted by Gasteiger charge is 2.34. The monoisotopic (exact) mass is 291 g/mol. The molecule has 1 aromatic carbocycles. The molecule has 2 unspecified atom stereocenters. The van der Waals surface area contributed by atoms with Crippen molar-refractivity contribution in [3.8, 4) is 0 Å². The highest BCUT2D eigenvalue weighted by Crippen LogP contribution is 2.34. The van der Waals surface area contributed by atoms with E-state index in [1.54, 1.807) is 30.8 Å². The number of hydrogen-bond acceptors (Lipinski definition) is 2. The maximum Gasteiger partial charge on any atom is 0.416 e. The first-order valence-corrected chi connectivity index (χ1v) is 7.51. The van der Waals surface area contributed by atoms with Crippen molar-refractivity contribution in [2.45, 2.75) is 39.0 Å². The Balaban J connectivity index is 2.79. The van der Waals surface area contributed by atoms with E-state index in [1.807, 2.05) is 6.92 Å². The summed E-state index contributed by atoms with van der Waals surface area (Å²) in [5, 5.41) is 3.22.